The number of benzene rings is 2. The molecule has 2 N–H and O–H groups in total. The van der Waals surface area contributed by atoms with E-state index in [2.05, 4.69) is 94.4 Å². The SMILES string of the molecule is CCCOc1ccc(C)c(C2=NC(C)C3N(C)NC(NC)=[N+]3c3ccc(Br)cc32)c1. The van der Waals surface area contributed by atoms with Crippen LogP contribution in [0.15, 0.2) is 45.9 Å². The second-order valence-corrected chi connectivity index (χ2v) is 8.73. The van der Waals surface area contributed by atoms with Crippen LogP contribution in [0.1, 0.15) is 37.0 Å². The van der Waals surface area contributed by atoms with E-state index in [1.807, 2.05) is 13.1 Å². The van der Waals surface area contributed by atoms with Crippen LogP contribution in [0.3, 0.4) is 0 Å². The molecule has 2 aromatic carbocycles. The molecular formula is C23H29BrN5O+. The number of nitrogens with one attached hydrogen (secondary N) is 2. The predicted octanol–water partition coefficient (Wildman–Crippen LogP) is 3.78. The first kappa shape index (κ1) is 20.9. The fourth-order valence-corrected chi connectivity index (χ4v) is 4.56. The first-order valence-corrected chi connectivity index (χ1v) is 11.2. The molecular weight excluding hydrogens is 442 g/mol. The zero-order valence-corrected chi connectivity index (χ0v) is 19.7. The molecule has 0 aromatic heterocycles. The zero-order valence-electron chi connectivity index (χ0n) is 18.2. The zero-order chi connectivity index (χ0) is 21.4. The van der Waals surface area contributed by atoms with Gasteiger partial charge in [0.25, 0.3) is 0 Å². The van der Waals surface area contributed by atoms with Crippen LogP contribution in [0.2, 0.25) is 0 Å². The van der Waals surface area contributed by atoms with E-state index in [0.717, 1.165) is 45.1 Å². The number of ether oxygens (including phenoxy) is 1. The van der Waals surface area contributed by atoms with Crippen LogP contribution in [-0.4, -0.2) is 54.2 Å². The number of halogens is 1. The lowest BCUT2D eigenvalue weighted by molar-refractivity contribution is -0.502. The van der Waals surface area contributed by atoms with Crippen LogP contribution in [0.5, 0.6) is 5.75 Å². The highest BCUT2D eigenvalue weighted by molar-refractivity contribution is 9.10. The summed E-state index contributed by atoms with van der Waals surface area (Å²) in [5.41, 5.74) is 8.92. The summed E-state index contributed by atoms with van der Waals surface area (Å²) in [6.45, 7) is 7.13. The molecule has 0 fully saturated rings. The maximum absolute atomic E-state index is 5.93. The summed E-state index contributed by atoms with van der Waals surface area (Å²) in [5.74, 6) is 1.83. The number of aliphatic imine (C=N–C) groups is 1. The molecule has 2 aliphatic heterocycles. The Morgan fingerprint density at radius 3 is 2.77 bits per heavy atom. The van der Waals surface area contributed by atoms with E-state index in [1.54, 1.807) is 0 Å². The lowest BCUT2D eigenvalue weighted by atomic mass is 9.96. The van der Waals surface area contributed by atoms with E-state index in [1.165, 1.54) is 5.56 Å². The first-order valence-electron chi connectivity index (χ1n) is 10.4. The van der Waals surface area contributed by atoms with Gasteiger partial charge in [-0.1, -0.05) is 28.9 Å². The number of fused-ring (bicyclic) bond motifs is 3. The van der Waals surface area contributed by atoms with Gasteiger partial charge in [-0.15, -0.1) is 5.01 Å². The molecule has 158 valence electrons. The summed E-state index contributed by atoms with van der Waals surface area (Å²) >= 11 is 3.67. The second kappa shape index (κ2) is 8.40. The Hall–Kier alpha value is -2.38. The number of nitrogens with zero attached hydrogens (tertiary/aromatic N) is 3. The van der Waals surface area contributed by atoms with Gasteiger partial charge in [0.2, 0.25) is 0 Å². The molecule has 0 aliphatic carbocycles. The van der Waals surface area contributed by atoms with Gasteiger partial charge in [0.1, 0.15) is 11.4 Å². The summed E-state index contributed by atoms with van der Waals surface area (Å²) in [6.07, 6.45) is 1.04. The first-order chi connectivity index (χ1) is 14.4. The number of likely N-dealkylation sites (N-methyl/N-ethyl adjacent to an activating group) is 1. The summed E-state index contributed by atoms with van der Waals surface area (Å²) in [5, 5.41) is 5.42. The number of guanidine groups is 1. The molecule has 6 nitrogen and oxygen atoms in total. The van der Waals surface area contributed by atoms with Crippen LogP contribution < -0.4 is 15.5 Å². The molecule has 2 aliphatic rings. The van der Waals surface area contributed by atoms with Crippen molar-refractivity contribution in [3.05, 3.63) is 57.6 Å². The topological polar surface area (TPSA) is 51.9 Å². The van der Waals surface area contributed by atoms with Crippen molar-refractivity contribution in [1.29, 1.82) is 0 Å². The van der Waals surface area contributed by atoms with Crippen LogP contribution in [0.4, 0.5) is 5.69 Å². The van der Waals surface area contributed by atoms with Crippen molar-refractivity contribution in [1.82, 2.24) is 15.8 Å². The molecule has 4 rings (SSSR count). The van der Waals surface area contributed by atoms with Crippen molar-refractivity contribution in [2.45, 2.75) is 39.4 Å². The summed E-state index contributed by atoms with van der Waals surface area (Å²) in [6, 6.07) is 12.7. The quantitative estimate of drug-likeness (QED) is 0.667. The van der Waals surface area contributed by atoms with Crippen molar-refractivity contribution in [3.8, 4) is 5.75 Å². The maximum Gasteiger partial charge on any atom is 0.369 e. The molecule has 0 saturated carbocycles. The average molecular weight is 471 g/mol. The minimum atomic E-state index is 0.0362. The number of aryl methyl sites for hydroxylation is 1. The third kappa shape index (κ3) is 3.61. The Morgan fingerprint density at radius 1 is 1.23 bits per heavy atom. The predicted molar refractivity (Wildman–Crippen MR) is 125 cm³/mol. The van der Waals surface area contributed by atoms with Crippen molar-refractivity contribution < 1.29 is 9.31 Å². The summed E-state index contributed by atoms with van der Waals surface area (Å²) in [4.78, 5) is 5.25. The molecule has 30 heavy (non-hydrogen) atoms. The molecule has 0 bridgehead atoms. The minimum Gasteiger partial charge on any atom is -0.494 e. The van der Waals surface area contributed by atoms with E-state index in [4.69, 9.17) is 9.73 Å². The van der Waals surface area contributed by atoms with Crippen molar-refractivity contribution >= 4 is 33.3 Å². The number of rotatable bonds is 4. The lowest BCUT2D eigenvalue weighted by Crippen LogP contribution is -2.44. The molecule has 2 aromatic rings. The van der Waals surface area contributed by atoms with Crippen molar-refractivity contribution in [2.75, 3.05) is 20.7 Å². The second-order valence-electron chi connectivity index (χ2n) is 7.81. The van der Waals surface area contributed by atoms with Gasteiger partial charge in [0.05, 0.1) is 25.4 Å². The largest absolute Gasteiger partial charge is 0.494 e. The van der Waals surface area contributed by atoms with Gasteiger partial charge in [0, 0.05) is 22.6 Å². The van der Waals surface area contributed by atoms with Gasteiger partial charge >= 0.3 is 5.96 Å². The van der Waals surface area contributed by atoms with E-state index in [9.17, 15) is 0 Å². The Kier molecular flexibility index (Phi) is 5.84. The van der Waals surface area contributed by atoms with Crippen LogP contribution in [0, 0.1) is 6.92 Å². The van der Waals surface area contributed by atoms with Crippen molar-refractivity contribution in [3.63, 3.8) is 0 Å². The van der Waals surface area contributed by atoms with Gasteiger partial charge in [-0.05, 0) is 56.2 Å². The normalized spacial score (nSPS) is 20.8. The van der Waals surface area contributed by atoms with E-state index in [0.29, 0.717) is 6.61 Å². The highest BCUT2D eigenvalue weighted by atomic mass is 79.9. The van der Waals surface area contributed by atoms with Gasteiger partial charge in [0.15, 0.2) is 6.17 Å². The van der Waals surface area contributed by atoms with E-state index >= 15 is 0 Å². The fraction of sp³-hybridized carbons (Fsp3) is 0.391. The lowest BCUT2D eigenvalue weighted by Gasteiger charge is -2.21. The highest BCUT2D eigenvalue weighted by Gasteiger charge is 2.43. The Labute approximate surface area is 186 Å². The number of hydrogen-bond donors (Lipinski definition) is 2. The number of hydrazine groups is 1. The molecule has 0 saturated heterocycles. The molecule has 0 spiro atoms. The Bertz CT molecular complexity index is 1030. The molecule has 0 amide bonds. The third-order valence-electron chi connectivity index (χ3n) is 5.60. The highest BCUT2D eigenvalue weighted by Crippen LogP contribution is 2.35. The van der Waals surface area contributed by atoms with Gasteiger partial charge in [-0.25, -0.2) is 4.58 Å². The molecule has 2 unspecified atom stereocenters. The van der Waals surface area contributed by atoms with Crippen LogP contribution in [0.25, 0.3) is 0 Å². The summed E-state index contributed by atoms with van der Waals surface area (Å²) < 4.78 is 9.26. The molecule has 7 heteroatoms. The Morgan fingerprint density at radius 2 is 2.03 bits per heavy atom. The van der Waals surface area contributed by atoms with Gasteiger partial charge in [-0.2, -0.15) is 5.43 Å². The van der Waals surface area contributed by atoms with Gasteiger partial charge in [-0.3, -0.25) is 10.3 Å². The minimum absolute atomic E-state index is 0.0362. The Balaban J connectivity index is 1.94. The van der Waals surface area contributed by atoms with E-state index in [-0.39, 0.29) is 12.2 Å². The van der Waals surface area contributed by atoms with Crippen molar-refractivity contribution in [2.24, 2.45) is 4.99 Å². The average Bonchev–Trinajstić information content (AvgIpc) is 3.01. The van der Waals surface area contributed by atoms with E-state index < -0.39 is 0 Å². The standard InChI is InChI=1S/C23H28BrN5O/c1-6-11-30-17-9-7-14(2)18(13-17)21-19-12-16(24)8-10-20(19)29-22(15(3)26-21)28(5)27-23(29)25-4/h7-10,12-13,15,22H,6,11H2,1-5H3,(H,25,27)/p+1. The molecule has 0 radical (unpaired) electrons. The molecule has 2 heterocycles. The third-order valence-corrected chi connectivity index (χ3v) is 6.09. The fourth-order valence-electron chi connectivity index (χ4n) is 4.20. The van der Waals surface area contributed by atoms with Crippen LogP contribution in [-0.2, 0) is 0 Å². The summed E-state index contributed by atoms with van der Waals surface area (Å²) in [7, 11) is 4.00. The van der Waals surface area contributed by atoms with Crippen LogP contribution >= 0.6 is 15.9 Å². The van der Waals surface area contributed by atoms with Gasteiger partial charge < -0.3 is 4.74 Å². The smallest absolute Gasteiger partial charge is 0.369 e. The maximum atomic E-state index is 5.93. The number of hydrogen-bond acceptors (Lipinski definition) is 5. The molecule has 2 atom stereocenters. The monoisotopic (exact) mass is 470 g/mol.